The lowest BCUT2D eigenvalue weighted by Gasteiger charge is -2.31. The van der Waals surface area contributed by atoms with Gasteiger partial charge in [0.1, 0.15) is 29.3 Å². The first-order chi connectivity index (χ1) is 29.4. The number of rotatable bonds is 16. The standard InChI is InChI=1S/C46H60N8O7/c1-9-19-53(43(55)40(27(2)3)51-45(57)59-7)26-39-49-25-37(50-39)30-15-17-33-29(21-30)12-10-14-34-35-22-31(16-18-38(35)61-42(33)34)36(24-47-6)48-23-32-13-11-20-54(32)44(56)41(28(4)5)52-46(58)60-8/h15-18,21-22,24-25,27-28,32,40-41,48H,6,9-14,19-20,23,26H2,1-5,7-8H3,(H,49,50)(H,51,57)(H,52,58)/b36-24-/t32-,40?,41?/m0/s1. The molecule has 0 radical (unpaired) electrons. The third kappa shape index (κ3) is 10.1. The molecule has 61 heavy (non-hydrogen) atoms. The maximum atomic E-state index is 13.6. The van der Waals surface area contributed by atoms with Crippen LogP contribution in [-0.2, 0) is 38.4 Å². The van der Waals surface area contributed by atoms with E-state index in [-0.39, 0.29) is 36.2 Å². The van der Waals surface area contributed by atoms with Crippen LogP contribution in [0.1, 0.15) is 82.8 Å². The van der Waals surface area contributed by atoms with E-state index in [1.165, 1.54) is 19.8 Å². The predicted octanol–water partition coefficient (Wildman–Crippen LogP) is 7.06. The number of aryl methyl sites for hydroxylation is 2. The number of H-pyrrole nitrogens is 1. The van der Waals surface area contributed by atoms with Gasteiger partial charge >= 0.3 is 12.2 Å². The van der Waals surface area contributed by atoms with Crippen LogP contribution in [0.5, 0.6) is 0 Å². The largest absolute Gasteiger partial charge is 0.456 e. The second kappa shape index (κ2) is 20.0. The quantitative estimate of drug-likeness (QED) is 0.0859. The minimum absolute atomic E-state index is 0.0654. The van der Waals surface area contributed by atoms with Crippen LogP contribution in [0.3, 0.4) is 0 Å². The van der Waals surface area contributed by atoms with Crippen LogP contribution in [0.25, 0.3) is 39.2 Å². The Labute approximate surface area is 357 Å². The van der Waals surface area contributed by atoms with E-state index in [0.717, 1.165) is 88.9 Å². The number of hydrogen-bond acceptors (Lipinski definition) is 10. The van der Waals surface area contributed by atoms with Crippen molar-refractivity contribution in [3.63, 3.8) is 0 Å². The molecule has 6 rings (SSSR count). The van der Waals surface area contributed by atoms with Crippen LogP contribution >= 0.6 is 0 Å². The summed E-state index contributed by atoms with van der Waals surface area (Å²) >= 11 is 0. The Hall–Kier alpha value is -6.12. The summed E-state index contributed by atoms with van der Waals surface area (Å²) in [5.74, 6) is 0.985. The zero-order valence-electron chi connectivity index (χ0n) is 36.4. The first-order valence-corrected chi connectivity index (χ1v) is 21.3. The van der Waals surface area contributed by atoms with Gasteiger partial charge in [-0.05, 0) is 92.5 Å². The number of nitrogens with one attached hydrogen (secondary N) is 4. The van der Waals surface area contributed by atoms with Crippen molar-refractivity contribution in [2.75, 3.05) is 33.9 Å². The number of nitrogens with zero attached hydrogens (tertiary/aromatic N) is 4. The Morgan fingerprint density at radius 3 is 2.44 bits per heavy atom. The first kappa shape index (κ1) is 44.4. The number of aliphatic imine (C=N–C) groups is 1. The SMILES string of the molecule is C=N/C=C(\NC[C@@H]1CCCN1C(=O)C(NC(=O)OC)C(C)C)c1ccc2oc3c(c2c1)CCCc1cc(-c2cnc(CN(CCC)C(=O)C(NC(=O)OC)C(C)C)[nH]2)ccc1-3. The number of amides is 4. The van der Waals surface area contributed by atoms with E-state index in [0.29, 0.717) is 25.5 Å². The second-order valence-corrected chi connectivity index (χ2v) is 16.5. The highest BCUT2D eigenvalue weighted by Gasteiger charge is 2.36. The van der Waals surface area contributed by atoms with Gasteiger partial charge in [0.25, 0.3) is 0 Å². The van der Waals surface area contributed by atoms with E-state index in [1.807, 2.05) is 51.7 Å². The summed E-state index contributed by atoms with van der Waals surface area (Å²) in [5, 5.41) is 10.0. The van der Waals surface area contributed by atoms with Gasteiger partial charge in [0.05, 0.1) is 38.4 Å². The van der Waals surface area contributed by atoms with Crippen molar-refractivity contribution in [3.8, 4) is 22.6 Å². The average molecular weight is 837 g/mol. The van der Waals surface area contributed by atoms with Crippen molar-refractivity contribution in [1.82, 2.24) is 35.7 Å². The first-order valence-electron chi connectivity index (χ1n) is 21.3. The van der Waals surface area contributed by atoms with Crippen molar-refractivity contribution in [1.29, 1.82) is 0 Å². The second-order valence-electron chi connectivity index (χ2n) is 16.5. The highest BCUT2D eigenvalue weighted by atomic mass is 16.5. The zero-order chi connectivity index (χ0) is 43.8. The van der Waals surface area contributed by atoms with Crippen molar-refractivity contribution in [3.05, 3.63) is 71.3 Å². The minimum atomic E-state index is -0.721. The molecular weight excluding hydrogens is 777 g/mol. The topological polar surface area (TPSA) is 183 Å². The molecule has 2 aromatic carbocycles. The smallest absolute Gasteiger partial charge is 0.407 e. The summed E-state index contributed by atoms with van der Waals surface area (Å²) in [6.07, 6.45) is 7.35. The molecule has 4 aromatic rings. The molecule has 1 fully saturated rings. The summed E-state index contributed by atoms with van der Waals surface area (Å²) in [6, 6.07) is 11.1. The molecule has 15 heteroatoms. The maximum absolute atomic E-state index is 13.6. The lowest BCUT2D eigenvalue weighted by Crippen LogP contribution is -2.53. The van der Waals surface area contributed by atoms with E-state index in [4.69, 9.17) is 13.9 Å². The van der Waals surface area contributed by atoms with Crippen LogP contribution in [0.15, 0.2) is 58.2 Å². The molecule has 3 atom stereocenters. The molecule has 0 spiro atoms. The third-order valence-corrected chi connectivity index (χ3v) is 11.6. The number of benzene rings is 2. The van der Waals surface area contributed by atoms with Gasteiger partial charge in [0, 0.05) is 54.0 Å². The van der Waals surface area contributed by atoms with Gasteiger partial charge in [0.2, 0.25) is 11.8 Å². The van der Waals surface area contributed by atoms with Crippen LogP contribution in [0.4, 0.5) is 9.59 Å². The van der Waals surface area contributed by atoms with Crippen LogP contribution in [-0.4, -0.2) is 102 Å². The highest BCUT2D eigenvalue weighted by molar-refractivity contribution is 5.92. The van der Waals surface area contributed by atoms with Crippen LogP contribution in [0.2, 0.25) is 0 Å². The Kier molecular flexibility index (Phi) is 14.5. The molecule has 2 aliphatic rings. The van der Waals surface area contributed by atoms with Crippen molar-refractivity contribution >= 4 is 47.4 Å². The predicted molar refractivity (Wildman–Crippen MR) is 236 cm³/mol. The minimum Gasteiger partial charge on any atom is -0.456 e. The van der Waals surface area contributed by atoms with Crippen LogP contribution < -0.4 is 16.0 Å². The molecule has 1 saturated heterocycles. The number of likely N-dealkylation sites (tertiary alicyclic amines) is 1. The number of fused-ring (bicyclic) bond motifs is 5. The molecule has 1 aliphatic carbocycles. The van der Waals surface area contributed by atoms with Gasteiger partial charge in [0.15, 0.2) is 0 Å². The van der Waals surface area contributed by atoms with Gasteiger partial charge in [-0.1, -0.05) is 46.8 Å². The number of methoxy groups -OCH3 is 2. The van der Waals surface area contributed by atoms with Gasteiger partial charge in [-0.3, -0.25) is 14.6 Å². The Balaban J connectivity index is 1.19. The molecule has 0 saturated carbocycles. The van der Waals surface area contributed by atoms with E-state index in [2.05, 4.69) is 61.9 Å². The number of carbonyl (C=O) groups is 4. The summed E-state index contributed by atoms with van der Waals surface area (Å²) < 4.78 is 16.2. The van der Waals surface area contributed by atoms with Gasteiger partial charge in [-0.2, -0.15) is 0 Å². The van der Waals surface area contributed by atoms with Gasteiger partial charge < -0.3 is 44.6 Å². The zero-order valence-corrected chi connectivity index (χ0v) is 36.4. The molecule has 4 N–H and O–H groups in total. The maximum Gasteiger partial charge on any atom is 0.407 e. The summed E-state index contributed by atoms with van der Waals surface area (Å²) in [5.41, 5.74) is 7.74. The summed E-state index contributed by atoms with van der Waals surface area (Å²) in [6.45, 7) is 15.2. The number of furan rings is 1. The average Bonchev–Trinajstić information content (AvgIpc) is 3.99. The number of hydrogen-bond donors (Lipinski definition) is 4. The Bertz CT molecular complexity index is 2260. The van der Waals surface area contributed by atoms with Gasteiger partial charge in [-0.15, -0.1) is 0 Å². The van der Waals surface area contributed by atoms with E-state index in [9.17, 15) is 19.2 Å². The Morgan fingerprint density at radius 1 is 1.02 bits per heavy atom. The molecule has 4 amide bonds. The molecule has 3 heterocycles. The number of alkyl carbamates (subject to hydrolysis) is 2. The van der Waals surface area contributed by atoms with E-state index >= 15 is 0 Å². The number of ether oxygens (including phenoxy) is 2. The fourth-order valence-corrected chi connectivity index (χ4v) is 8.39. The summed E-state index contributed by atoms with van der Waals surface area (Å²) in [7, 11) is 2.58. The van der Waals surface area contributed by atoms with Crippen molar-refractivity contribution in [2.45, 2.75) is 97.8 Å². The lowest BCUT2D eigenvalue weighted by molar-refractivity contribution is -0.135. The fraction of sp³-hybridized carbons (Fsp3) is 0.478. The third-order valence-electron chi connectivity index (χ3n) is 11.6. The van der Waals surface area contributed by atoms with Crippen LogP contribution in [0, 0.1) is 11.8 Å². The fourth-order valence-electron chi connectivity index (χ4n) is 8.39. The van der Waals surface area contributed by atoms with E-state index in [1.54, 1.807) is 17.3 Å². The molecule has 2 aromatic heterocycles. The molecular formula is C46H60N8O7. The normalized spacial score (nSPS) is 16.0. The summed E-state index contributed by atoms with van der Waals surface area (Å²) in [4.78, 5) is 67.0. The van der Waals surface area contributed by atoms with Crippen molar-refractivity contribution in [2.24, 2.45) is 16.8 Å². The number of aromatic nitrogens is 2. The Morgan fingerprint density at radius 2 is 1.75 bits per heavy atom. The lowest BCUT2D eigenvalue weighted by atomic mass is 9.98. The molecule has 15 nitrogen and oxygen atoms in total. The number of carbonyl (C=O) groups excluding carboxylic acids is 4. The number of aromatic amines is 1. The molecule has 1 aliphatic heterocycles. The van der Waals surface area contributed by atoms with E-state index < -0.39 is 24.3 Å². The molecule has 2 unspecified atom stereocenters. The molecule has 0 bridgehead atoms. The number of imidazole rings is 1. The van der Waals surface area contributed by atoms with Gasteiger partial charge in [-0.25, -0.2) is 14.6 Å². The monoisotopic (exact) mass is 836 g/mol. The van der Waals surface area contributed by atoms with Crippen molar-refractivity contribution < 1.29 is 33.1 Å². The highest BCUT2D eigenvalue weighted by Crippen LogP contribution is 2.41. The molecule has 326 valence electrons.